The number of nitrogens with two attached hydrogens (primary N) is 1. The van der Waals surface area contributed by atoms with Crippen LogP contribution in [0.5, 0.6) is 0 Å². The summed E-state index contributed by atoms with van der Waals surface area (Å²) in [6, 6.07) is -0.142. The minimum atomic E-state index is -0.142. The number of rotatable bonds is 2. The van der Waals surface area contributed by atoms with E-state index < -0.39 is 0 Å². The maximum absolute atomic E-state index is 11.4. The standard InChI is InChI=1S/C8H16N4O2/c9-7(11-14)6-10-8(13)12-4-2-1-3-5-12/h14H,1-6H2,(H2,9,11)(H,10,13). The summed E-state index contributed by atoms with van der Waals surface area (Å²) in [6.07, 6.45) is 3.29. The van der Waals surface area contributed by atoms with E-state index in [1.54, 1.807) is 4.90 Å². The molecule has 4 N–H and O–H groups in total. The molecule has 0 aromatic rings. The lowest BCUT2D eigenvalue weighted by atomic mass is 10.1. The van der Waals surface area contributed by atoms with E-state index in [0.717, 1.165) is 25.9 Å². The third-order valence-electron chi connectivity index (χ3n) is 2.19. The summed E-state index contributed by atoms with van der Waals surface area (Å²) in [4.78, 5) is 13.2. The number of carbonyl (C=O) groups excluding carboxylic acids is 1. The third kappa shape index (κ3) is 3.12. The van der Waals surface area contributed by atoms with Crippen LogP contribution < -0.4 is 11.1 Å². The molecule has 0 bridgehead atoms. The Morgan fingerprint density at radius 2 is 2.07 bits per heavy atom. The molecule has 1 saturated heterocycles. The SMILES string of the molecule is NC(CNC(=O)N1CCCCC1)=NO. The fraction of sp³-hybridized carbons (Fsp3) is 0.750. The Labute approximate surface area is 82.7 Å². The van der Waals surface area contributed by atoms with Crippen molar-refractivity contribution in [3.63, 3.8) is 0 Å². The smallest absolute Gasteiger partial charge is 0.317 e. The van der Waals surface area contributed by atoms with E-state index >= 15 is 0 Å². The number of hydrogen-bond acceptors (Lipinski definition) is 3. The Balaban J connectivity index is 2.26. The predicted octanol–water partition coefficient (Wildman–Crippen LogP) is -0.0717. The maximum Gasteiger partial charge on any atom is 0.317 e. The molecule has 0 saturated carbocycles. The largest absolute Gasteiger partial charge is 0.409 e. The summed E-state index contributed by atoms with van der Waals surface area (Å²) in [5.74, 6) is 0.00959. The van der Waals surface area contributed by atoms with Crippen molar-refractivity contribution >= 4 is 11.9 Å². The van der Waals surface area contributed by atoms with Gasteiger partial charge in [0.2, 0.25) is 0 Å². The highest BCUT2D eigenvalue weighted by atomic mass is 16.4. The number of hydrogen-bond donors (Lipinski definition) is 3. The van der Waals surface area contributed by atoms with E-state index in [1.807, 2.05) is 0 Å². The molecule has 0 atom stereocenters. The minimum Gasteiger partial charge on any atom is -0.409 e. The average Bonchev–Trinajstić information content (AvgIpc) is 2.26. The maximum atomic E-state index is 11.4. The van der Waals surface area contributed by atoms with Gasteiger partial charge < -0.3 is 21.2 Å². The monoisotopic (exact) mass is 200 g/mol. The molecule has 0 aromatic carbocycles. The zero-order chi connectivity index (χ0) is 10.4. The molecule has 0 aromatic heterocycles. The van der Waals surface area contributed by atoms with Crippen LogP contribution in [-0.2, 0) is 0 Å². The second-order valence-electron chi connectivity index (χ2n) is 3.30. The number of amides is 2. The molecule has 1 heterocycles. The Morgan fingerprint density at radius 1 is 1.43 bits per heavy atom. The van der Waals surface area contributed by atoms with Crippen LogP contribution in [-0.4, -0.2) is 41.6 Å². The van der Waals surface area contributed by atoms with Gasteiger partial charge in [-0.1, -0.05) is 5.16 Å². The highest BCUT2D eigenvalue weighted by Crippen LogP contribution is 2.07. The number of piperidine rings is 1. The van der Waals surface area contributed by atoms with Gasteiger partial charge in [-0.2, -0.15) is 0 Å². The van der Waals surface area contributed by atoms with E-state index in [0.29, 0.717) is 0 Å². The molecule has 1 rings (SSSR count). The van der Waals surface area contributed by atoms with Gasteiger partial charge >= 0.3 is 6.03 Å². The first kappa shape index (κ1) is 10.6. The first-order chi connectivity index (χ1) is 6.74. The lowest BCUT2D eigenvalue weighted by Crippen LogP contribution is -2.45. The lowest BCUT2D eigenvalue weighted by molar-refractivity contribution is 0.188. The number of nitrogens with zero attached hydrogens (tertiary/aromatic N) is 2. The van der Waals surface area contributed by atoms with Gasteiger partial charge in [-0.05, 0) is 19.3 Å². The highest BCUT2D eigenvalue weighted by molar-refractivity contribution is 5.86. The number of carbonyl (C=O) groups is 1. The van der Waals surface area contributed by atoms with E-state index in [1.165, 1.54) is 6.42 Å². The third-order valence-corrected chi connectivity index (χ3v) is 2.19. The Hall–Kier alpha value is -1.46. The van der Waals surface area contributed by atoms with Crippen LogP contribution in [0.25, 0.3) is 0 Å². The minimum absolute atomic E-state index is 0.00959. The van der Waals surface area contributed by atoms with Crippen molar-refractivity contribution in [3.05, 3.63) is 0 Å². The van der Waals surface area contributed by atoms with E-state index in [2.05, 4.69) is 10.5 Å². The van der Waals surface area contributed by atoms with Gasteiger partial charge in [0, 0.05) is 13.1 Å². The summed E-state index contributed by atoms with van der Waals surface area (Å²) in [6.45, 7) is 1.68. The molecule has 0 spiro atoms. The molecule has 2 amide bonds. The van der Waals surface area contributed by atoms with Crippen molar-refractivity contribution in [1.29, 1.82) is 0 Å². The molecule has 80 valence electrons. The van der Waals surface area contributed by atoms with Gasteiger partial charge in [-0.15, -0.1) is 0 Å². The van der Waals surface area contributed by atoms with Gasteiger partial charge in [0.25, 0.3) is 0 Å². The van der Waals surface area contributed by atoms with E-state index in [4.69, 9.17) is 10.9 Å². The number of urea groups is 1. The van der Waals surface area contributed by atoms with Gasteiger partial charge in [0.1, 0.15) is 0 Å². The number of nitrogens with one attached hydrogen (secondary N) is 1. The normalized spacial score (nSPS) is 18.0. The molecule has 0 radical (unpaired) electrons. The molecular weight excluding hydrogens is 184 g/mol. The number of amidine groups is 1. The second-order valence-corrected chi connectivity index (χ2v) is 3.30. The van der Waals surface area contributed by atoms with Gasteiger partial charge in [0.15, 0.2) is 5.84 Å². The first-order valence-corrected chi connectivity index (χ1v) is 4.73. The van der Waals surface area contributed by atoms with Gasteiger partial charge in [0.05, 0.1) is 6.54 Å². The van der Waals surface area contributed by atoms with Crippen LogP contribution in [0.15, 0.2) is 5.16 Å². The molecule has 1 aliphatic rings. The summed E-state index contributed by atoms with van der Waals surface area (Å²) in [7, 11) is 0. The molecular formula is C8H16N4O2. The highest BCUT2D eigenvalue weighted by Gasteiger charge is 2.15. The Kier molecular flexibility index (Phi) is 4.03. The first-order valence-electron chi connectivity index (χ1n) is 4.73. The van der Waals surface area contributed by atoms with Crippen molar-refractivity contribution in [2.75, 3.05) is 19.6 Å². The molecule has 0 aliphatic carbocycles. The van der Waals surface area contributed by atoms with Crippen molar-refractivity contribution in [2.24, 2.45) is 10.9 Å². The van der Waals surface area contributed by atoms with Crippen molar-refractivity contribution in [1.82, 2.24) is 10.2 Å². The molecule has 6 heteroatoms. The van der Waals surface area contributed by atoms with Gasteiger partial charge in [-0.3, -0.25) is 0 Å². The summed E-state index contributed by atoms with van der Waals surface area (Å²) >= 11 is 0. The number of likely N-dealkylation sites (tertiary alicyclic amines) is 1. The fourth-order valence-electron chi connectivity index (χ4n) is 1.41. The van der Waals surface area contributed by atoms with E-state index in [9.17, 15) is 4.79 Å². The zero-order valence-electron chi connectivity index (χ0n) is 8.07. The molecule has 1 aliphatic heterocycles. The second kappa shape index (κ2) is 5.31. The van der Waals surface area contributed by atoms with E-state index in [-0.39, 0.29) is 18.4 Å². The van der Waals surface area contributed by atoms with Crippen LogP contribution in [0.1, 0.15) is 19.3 Å². The topological polar surface area (TPSA) is 91.0 Å². The molecule has 0 unspecified atom stereocenters. The zero-order valence-corrected chi connectivity index (χ0v) is 8.07. The van der Waals surface area contributed by atoms with Crippen LogP contribution in [0.2, 0.25) is 0 Å². The fourth-order valence-corrected chi connectivity index (χ4v) is 1.41. The Morgan fingerprint density at radius 3 is 2.64 bits per heavy atom. The summed E-state index contributed by atoms with van der Waals surface area (Å²) in [5.41, 5.74) is 5.22. The van der Waals surface area contributed by atoms with Crippen LogP contribution in [0, 0.1) is 0 Å². The van der Waals surface area contributed by atoms with Crippen LogP contribution in [0.3, 0.4) is 0 Å². The quantitative estimate of drug-likeness (QED) is 0.252. The summed E-state index contributed by atoms with van der Waals surface area (Å²) in [5, 5.41) is 13.6. The van der Waals surface area contributed by atoms with Crippen molar-refractivity contribution in [2.45, 2.75) is 19.3 Å². The van der Waals surface area contributed by atoms with Crippen molar-refractivity contribution < 1.29 is 10.0 Å². The van der Waals surface area contributed by atoms with Crippen LogP contribution in [0.4, 0.5) is 4.79 Å². The number of oxime groups is 1. The predicted molar refractivity (Wildman–Crippen MR) is 52.2 cm³/mol. The summed E-state index contributed by atoms with van der Waals surface area (Å²) < 4.78 is 0. The molecule has 6 nitrogen and oxygen atoms in total. The Bertz CT molecular complexity index is 223. The molecule has 14 heavy (non-hydrogen) atoms. The average molecular weight is 200 g/mol. The van der Waals surface area contributed by atoms with Gasteiger partial charge in [-0.25, -0.2) is 4.79 Å². The molecule has 1 fully saturated rings. The lowest BCUT2D eigenvalue weighted by Gasteiger charge is -2.26. The van der Waals surface area contributed by atoms with Crippen molar-refractivity contribution in [3.8, 4) is 0 Å². The van der Waals surface area contributed by atoms with Crippen LogP contribution >= 0.6 is 0 Å².